The van der Waals surface area contributed by atoms with Gasteiger partial charge in [-0.05, 0) is 31.2 Å². The van der Waals surface area contributed by atoms with Crippen molar-refractivity contribution in [1.82, 2.24) is 4.98 Å². The van der Waals surface area contributed by atoms with Crippen LogP contribution in [-0.2, 0) is 4.79 Å². The standard InChI is InChI=1S/C22H17NO3S/c1-14-7-6-8-15(13-14)20(22(24)25)26-18-11-4-2-9-16(18)21-23-17-10-3-5-12-19(17)27-21/h2-13,20H,1H3,(H,24,25). The van der Waals surface area contributed by atoms with Crippen molar-refractivity contribution < 1.29 is 14.6 Å². The Morgan fingerprint density at radius 3 is 2.59 bits per heavy atom. The molecule has 0 bridgehead atoms. The number of aromatic nitrogens is 1. The molecule has 0 amide bonds. The first-order valence-corrected chi connectivity index (χ1v) is 9.34. The molecule has 0 spiro atoms. The van der Waals surface area contributed by atoms with Crippen LogP contribution in [0.15, 0.2) is 72.8 Å². The van der Waals surface area contributed by atoms with Crippen LogP contribution in [0.4, 0.5) is 0 Å². The number of nitrogens with zero attached hydrogens (tertiary/aromatic N) is 1. The highest BCUT2D eigenvalue weighted by Gasteiger charge is 2.24. The van der Waals surface area contributed by atoms with Gasteiger partial charge in [0.05, 0.1) is 15.8 Å². The SMILES string of the molecule is Cc1cccc(C(Oc2ccccc2-c2nc3ccccc3s2)C(=O)O)c1. The molecule has 27 heavy (non-hydrogen) atoms. The first-order chi connectivity index (χ1) is 13.1. The van der Waals surface area contributed by atoms with E-state index in [1.165, 1.54) is 0 Å². The van der Waals surface area contributed by atoms with Gasteiger partial charge in [-0.2, -0.15) is 0 Å². The van der Waals surface area contributed by atoms with E-state index in [-0.39, 0.29) is 0 Å². The summed E-state index contributed by atoms with van der Waals surface area (Å²) >= 11 is 1.56. The molecule has 1 heterocycles. The number of ether oxygens (including phenoxy) is 1. The zero-order valence-electron chi connectivity index (χ0n) is 14.6. The van der Waals surface area contributed by atoms with Crippen molar-refractivity contribution >= 4 is 27.5 Å². The number of para-hydroxylation sites is 2. The van der Waals surface area contributed by atoms with E-state index in [9.17, 15) is 9.90 Å². The Balaban J connectivity index is 1.74. The fourth-order valence-electron chi connectivity index (χ4n) is 2.95. The number of carboxylic acid groups (broad SMARTS) is 1. The van der Waals surface area contributed by atoms with Gasteiger partial charge in [-0.15, -0.1) is 11.3 Å². The lowest BCUT2D eigenvalue weighted by Gasteiger charge is -2.17. The number of carbonyl (C=O) groups is 1. The van der Waals surface area contributed by atoms with E-state index in [2.05, 4.69) is 4.98 Å². The van der Waals surface area contributed by atoms with E-state index < -0.39 is 12.1 Å². The van der Waals surface area contributed by atoms with Crippen LogP contribution in [0.25, 0.3) is 20.8 Å². The molecular formula is C22H17NO3S. The maximum atomic E-state index is 11.9. The smallest absolute Gasteiger partial charge is 0.349 e. The highest BCUT2D eigenvalue weighted by atomic mass is 32.1. The van der Waals surface area contributed by atoms with Crippen LogP contribution in [0.3, 0.4) is 0 Å². The Hall–Kier alpha value is -3.18. The molecule has 134 valence electrons. The summed E-state index contributed by atoms with van der Waals surface area (Å²) in [5.74, 6) is -0.523. The third-order valence-electron chi connectivity index (χ3n) is 4.23. The summed E-state index contributed by atoms with van der Waals surface area (Å²) in [4.78, 5) is 16.5. The molecule has 1 aromatic heterocycles. The second kappa shape index (κ2) is 7.21. The van der Waals surface area contributed by atoms with Crippen LogP contribution in [0.5, 0.6) is 5.75 Å². The van der Waals surface area contributed by atoms with Gasteiger partial charge < -0.3 is 9.84 Å². The van der Waals surface area contributed by atoms with Gasteiger partial charge in [0, 0.05) is 5.56 Å². The number of benzene rings is 3. The van der Waals surface area contributed by atoms with E-state index in [1.54, 1.807) is 23.5 Å². The zero-order chi connectivity index (χ0) is 18.8. The van der Waals surface area contributed by atoms with Gasteiger partial charge in [0.2, 0.25) is 6.10 Å². The first-order valence-electron chi connectivity index (χ1n) is 8.53. The third kappa shape index (κ3) is 3.55. The Morgan fingerprint density at radius 2 is 1.81 bits per heavy atom. The fourth-order valence-corrected chi connectivity index (χ4v) is 3.95. The molecule has 3 aromatic carbocycles. The molecule has 0 aliphatic heterocycles. The molecule has 4 aromatic rings. The average molecular weight is 375 g/mol. The summed E-state index contributed by atoms with van der Waals surface area (Å²) in [6, 6.07) is 22.7. The van der Waals surface area contributed by atoms with Crippen molar-refractivity contribution in [2.75, 3.05) is 0 Å². The fraction of sp³-hybridized carbons (Fsp3) is 0.0909. The van der Waals surface area contributed by atoms with Gasteiger partial charge in [0.15, 0.2) is 0 Å². The first kappa shape index (κ1) is 17.2. The molecule has 0 saturated heterocycles. The number of aliphatic carboxylic acids is 1. The van der Waals surface area contributed by atoms with Crippen LogP contribution >= 0.6 is 11.3 Å². The predicted molar refractivity (Wildman–Crippen MR) is 107 cm³/mol. The molecule has 4 rings (SSSR count). The summed E-state index contributed by atoms with van der Waals surface area (Å²) in [6.45, 7) is 1.93. The van der Waals surface area contributed by atoms with Crippen molar-refractivity contribution in [3.8, 4) is 16.3 Å². The minimum Gasteiger partial charge on any atom is -0.478 e. The van der Waals surface area contributed by atoms with E-state index in [1.807, 2.05) is 67.6 Å². The Kier molecular flexibility index (Phi) is 4.60. The number of hydrogen-bond acceptors (Lipinski definition) is 4. The van der Waals surface area contributed by atoms with Gasteiger partial charge in [0.25, 0.3) is 0 Å². The molecule has 0 radical (unpaired) electrons. The maximum Gasteiger partial charge on any atom is 0.349 e. The van der Waals surface area contributed by atoms with Crippen LogP contribution < -0.4 is 4.74 Å². The van der Waals surface area contributed by atoms with E-state index in [0.717, 1.165) is 26.4 Å². The minimum atomic E-state index is -1.08. The Labute approximate surface area is 160 Å². The summed E-state index contributed by atoms with van der Waals surface area (Å²) in [6.07, 6.45) is -1.08. The monoisotopic (exact) mass is 375 g/mol. The highest BCUT2D eigenvalue weighted by molar-refractivity contribution is 7.21. The lowest BCUT2D eigenvalue weighted by molar-refractivity contribution is -0.145. The summed E-state index contributed by atoms with van der Waals surface area (Å²) < 4.78 is 7.05. The van der Waals surface area contributed by atoms with Crippen molar-refractivity contribution in [3.63, 3.8) is 0 Å². The van der Waals surface area contributed by atoms with Crippen molar-refractivity contribution in [2.24, 2.45) is 0 Å². The van der Waals surface area contributed by atoms with E-state index in [0.29, 0.717) is 11.3 Å². The number of carboxylic acids is 1. The molecule has 0 fully saturated rings. The summed E-state index contributed by atoms with van der Waals surface area (Å²) in [7, 11) is 0. The average Bonchev–Trinajstić information content (AvgIpc) is 3.10. The number of rotatable bonds is 5. The summed E-state index contributed by atoms with van der Waals surface area (Å²) in [5, 5.41) is 10.5. The second-order valence-electron chi connectivity index (χ2n) is 6.23. The predicted octanol–water partition coefficient (Wildman–Crippen LogP) is 5.48. The zero-order valence-corrected chi connectivity index (χ0v) is 15.4. The van der Waals surface area contributed by atoms with Gasteiger partial charge in [-0.3, -0.25) is 0 Å². The van der Waals surface area contributed by atoms with E-state index >= 15 is 0 Å². The van der Waals surface area contributed by atoms with Crippen molar-refractivity contribution in [2.45, 2.75) is 13.0 Å². The van der Waals surface area contributed by atoms with Gasteiger partial charge in [-0.1, -0.05) is 54.1 Å². The van der Waals surface area contributed by atoms with Crippen molar-refractivity contribution in [1.29, 1.82) is 0 Å². The molecule has 1 unspecified atom stereocenters. The van der Waals surface area contributed by atoms with Crippen LogP contribution in [-0.4, -0.2) is 16.1 Å². The quantitative estimate of drug-likeness (QED) is 0.502. The number of aryl methyl sites for hydroxylation is 1. The number of thiazole rings is 1. The van der Waals surface area contributed by atoms with Crippen LogP contribution in [0.2, 0.25) is 0 Å². The number of hydrogen-bond donors (Lipinski definition) is 1. The van der Waals surface area contributed by atoms with Crippen LogP contribution in [0.1, 0.15) is 17.2 Å². The molecule has 1 atom stereocenters. The van der Waals surface area contributed by atoms with Gasteiger partial charge in [-0.25, -0.2) is 9.78 Å². The number of fused-ring (bicyclic) bond motifs is 1. The third-order valence-corrected chi connectivity index (χ3v) is 5.30. The van der Waals surface area contributed by atoms with Crippen molar-refractivity contribution in [3.05, 3.63) is 83.9 Å². The maximum absolute atomic E-state index is 11.9. The molecule has 1 N–H and O–H groups in total. The Morgan fingerprint density at radius 1 is 1.04 bits per heavy atom. The molecule has 4 nitrogen and oxygen atoms in total. The summed E-state index contributed by atoms with van der Waals surface area (Å²) in [5.41, 5.74) is 3.31. The largest absolute Gasteiger partial charge is 0.478 e. The van der Waals surface area contributed by atoms with Gasteiger partial charge in [0.1, 0.15) is 10.8 Å². The minimum absolute atomic E-state index is 0.505. The molecule has 0 aliphatic rings. The Bertz CT molecular complexity index is 1090. The molecule has 0 aliphatic carbocycles. The van der Waals surface area contributed by atoms with Crippen LogP contribution in [0, 0.1) is 6.92 Å². The van der Waals surface area contributed by atoms with E-state index in [4.69, 9.17) is 4.74 Å². The lowest BCUT2D eigenvalue weighted by atomic mass is 10.1. The molecular weight excluding hydrogens is 358 g/mol. The molecule has 5 heteroatoms. The molecule has 0 saturated carbocycles. The van der Waals surface area contributed by atoms with Gasteiger partial charge >= 0.3 is 5.97 Å². The highest BCUT2D eigenvalue weighted by Crippen LogP contribution is 2.37. The lowest BCUT2D eigenvalue weighted by Crippen LogP contribution is -2.18. The second-order valence-corrected chi connectivity index (χ2v) is 7.26. The topological polar surface area (TPSA) is 59.4 Å². The normalized spacial score (nSPS) is 12.0.